The molecule has 0 saturated carbocycles. The zero-order chi connectivity index (χ0) is 12.8. The van der Waals surface area contributed by atoms with Crippen LogP contribution < -0.4 is 5.32 Å². The Balaban J connectivity index is 2.84. The van der Waals surface area contributed by atoms with E-state index in [1.165, 1.54) is 0 Å². The Labute approximate surface area is 96.2 Å². The smallest absolute Gasteiger partial charge is 0.270 e. The van der Waals surface area contributed by atoms with Crippen molar-refractivity contribution in [3.63, 3.8) is 0 Å². The van der Waals surface area contributed by atoms with Crippen LogP contribution in [0.1, 0.15) is 16.8 Å². The van der Waals surface area contributed by atoms with E-state index in [4.69, 9.17) is 0 Å². The lowest BCUT2D eigenvalue weighted by Crippen LogP contribution is -2.24. The van der Waals surface area contributed by atoms with Gasteiger partial charge in [-0.25, -0.2) is 0 Å². The van der Waals surface area contributed by atoms with E-state index >= 15 is 0 Å². The molecule has 0 aromatic heterocycles. The average Bonchev–Trinajstić information content (AvgIpc) is 2.29. The topological polar surface area (TPSA) is 92.5 Å². The number of benzene rings is 1. The maximum atomic E-state index is 11.8. The van der Waals surface area contributed by atoms with E-state index in [-0.39, 0.29) is 30.0 Å². The highest BCUT2D eigenvalue weighted by Gasteiger charge is 2.15. The molecule has 6 nitrogen and oxygen atoms in total. The van der Waals surface area contributed by atoms with Gasteiger partial charge in [0.1, 0.15) is 5.75 Å². The van der Waals surface area contributed by atoms with Gasteiger partial charge < -0.3 is 10.4 Å². The summed E-state index contributed by atoms with van der Waals surface area (Å²) >= 11 is 0. The molecule has 0 aliphatic rings. The lowest BCUT2D eigenvalue weighted by Gasteiger charge is -2.05. The Morgan fingerprint density at radius 1 is 1.53 bits per heavy atom. The molecule has 0 bridgehead atoms. The molecule has 0 aliphatic carbocycles. The van der Waals surface area contributed by atoms with Gasteiger partial charge in [-0.05, 0) is 12.5 Å². The maximum absolute atomic E-state index is 11.8. The number of hydrogen-bond donors (Lipinski definition) is 2. The normalized spacial score (nSPS) is 9.94. The SMILES string of the molecule is O=C(NCCCF)c1cc([N+](=O)[O-])ccc1O. The Kier molecular flexibility index (Phi) is 4.38. The predicted molar refractivity (Wildman–Crippen MR) is 57.7 cm³/mol. The molecule has 92 valence electrons. The molecule has 0 heterocycles. The number of nitro groups is 1. The third-order valence-corrected chi connectivity index (χ3v) is 2.03. The molecule has 0 spiro atoms. The van der Waals surface area contributed by atoms with Crippen LogP contribution in [-0.2, 0) is 0 Å². The van der Waals surface area contributed by atoms with Crippen LogP contribution in [0.3, 0.4) is 0 Å². The molecule has 0 saturated heterocycles. The van der Waals surface area contributed by atoms with Crippen molar-refractivity contribution in [3.8, 4) is 5.75 Å². The van der Waals surface area contributed by atoms with Gasteiger partial charge in [0.05, 0.1) is 17.2 Å². The lowest BCUT2D eigenvalue weighted by atomic mass is 10.1. The highest BCUT2D eigenvalue weighted by molar-refractivity contribution is 5.97. The highest BCUT2D eigenvalue weighted by atomic mass is 19.1. The summed E-state index contributed by atoms with van der Waals surface area (Å²) in [5.41, 5.74) is -0.489. The third-order valence-electron chi connectivity index (χ3n) is 2.03. The summed E-state index contributed by atoms with van der Waals surface area (Å²) in [6, 6.07) is 3.13. The number of nitrogens with zero attached hydrogens (tertiary/aromatic N) is 1. The van der Waals surface area contributed by atoms with E-state index in [9.17, 15) is 24.4 Å². The Bertz CT molecular complexity index is 436. The minimum Gasteiger partial charge on any atom is -0.507 e. The standard InChI is InChI=1S/C10H11FN2O4/c11-4-1-5-12-10(15)8-6-7(13(16)17)2-3-9(8)14/h2-3,6,14H,1,4-5H2,(H,12,15). The quantitative estimate of drug-likeness (QED) is 0.463. The molecule has 1 aromatic rings. The molecular formula is C10H11FN2O4. The minimum atomic E-state index is -0.669. The first-order chi connectivity index (χ1) is 8.06. The van der Waals surface area contributed by atoms with Crippen molar-refractivity contribution in [1.29, 1.82) is 0 Å². The van der Waals surface area contributed by atoms with Crippen LogP contribution in [0.4, 0.5) is 10.1 Å². The van der Waals surface area contributed by atoms with Crippen LogP contribution in [0.2, 0.25) is 0 Å². The second kappa shape index (κ2) is 5.78. The van der Waals surface area contributed by atoms with Gasteiger partial charge in [-0.2, -0.15) is 0 Å². The molecule has 7 heteroatoms. The van der Waals surface area contributed by atoms with Gasteiger partial charge in [-0.3, -0.25) is 19.3 Å². The minimum absolute atomic E-state index is 0.109. The number of amides is 1. The van der Waals surface area contributed by atoms with Crippen LogP contribution in [0.25, 0.3) is 0 Å². The second-order valence-electron chi connectivity index (χ2n) is 3.26. The number of nitrogens with one attached hydrogen (secondary N) is 1. The molecule has 0 atom stereocenters. The van der Waals surface area contributed by atoms with Crippen LogP contribution in [0, 0.1) is 10.1 Å². The van der Waals surface area contributed by atoms with Gasteiger partial charge in [-0.15, -0.1) is 0 Å². The number of rotatable bonds is 5. The number of nitro benzene ring substituents is 1. The van der Waals surface area contributed by atoms with Crippen molar-refractivity contribution >= 4 is 11.6 Å². The summed E-state index contributed by atoms with van der Waals surface area (Å²) < 4.78 is 11.8. The first kappa shape index (κ1) is 12.9. The third kappa shape index (κ3) is 3.40. The molecule has 0 fully saturated rings. The zero-order valence-corrected chi connectivity index (χ0v) is 8.85. The van der Waals surface area contributed by atoms with E-state index in [0.29, 0.717) is 0 Å². The number of carbonyl (C=O) groups excluding carboxylic acids is 1. The first-order valence-corrected chi connectivity index (χ1v) is 4.88. The summed E-state index contributed by atoms with van der Waals surface area (Å²) in [6.45, 7) is -0.460. The van der Waals surface area contributed by atoms with Gasteiger partial charge in [0, 0.05) is 18.7 Å². The van der Waals surface area contributed by atoms with E-state index in [1.807, 2.05) is 0 Å². The molecule has 1 amide bonds. The Morgan fingerprint density at radius 3 is 2.82 bits per heavy atom. The fraction of sp³-hybridized carbons (Fsp3) is 0.300. The van der Waals surface area contributed by atoms with Gasteiger partial charge in [-0.1, -0.05) is 0 Å². The van der Waals surface area contributed by atoms with Crippen molar-refractivity contribution in [3.05, 3.63) is 33.9 Å². The van der Waals surface area contributed by atoms with Gasteiger partial charge in [0.15, 0.2) is 0 Å². The van der Waals surface area contributed by atoms with E-state index in [1.54, 1.807) is 0 Å². The van der Waals surface area contributed by atoms with E-state index < -0.39 is 17.5 Å². The summed E-state index contributed by atoms with van der Waals surface area (Å²) in [5, 5.41) is 22.2. The van der Waals surface area contributed by atoms with Crippen molar-refractivity contribution in [2.24, 2.45) is 0 Å². The summed E-state index contributed by atoms with van der Waals surface area (Å²) in [5.74, 6) is -1.02. The molecule has 0 radical (unpaired) electrons. The van der Waals surface area contributed by atoms with E-state index in [2.05, 4.69) is 5.32 Å². The fourth-order valence-corrected chi connectivity index (χ4v) is 1.18. The maximum Gasteiger partial charge on any atom is 0.270 e. The number of alkyl halides is 1. The second-order valence-corrected chi connectivity index (χ2v) is 3.26. The number of carbonyl (C=O) groups is 1. The first-order valence-electron chi connectivity index (χ1n) is 4.88. The largest absolute Gasteiger partial charge is 0.507 e. The number of hydrogen-bond acceptors (Lipinski definition) is 4. The number of aromatic hydroxyl groups is 1. The van der Waals surface area contributed by atoms with Crippen LogP contribution in [0.15, 0.2) is 18.2 Å². The number of phenols is 1. The monoisotopic (exact) mass is 242 g/mol. The molecule has 0 unspecified atom stereocenters. The Morgan fingerprint density at radius 2 is 2.24 bits per heavy atom. The molecule has 17 heavy (non-hydrogen) atoms. The fourth-order valence-electron chi connectivity index (χ4n) is 1.18. The average molecular weight is 242 g/mol. The number of phenolic OH excluding ortho intramolecular Hbond substituents is 1. The van der Waals surface area contributed by atoms with Crippen LogP contribution in [-0.4, -0.2) is 29.2 Å². The van der Waals surface area contributed by atoms with Gasteiger partial charge in [0.2, 0.25) is 0 Å². The summed E-state index contributed by atoms with van der Waals surface area (Å²) in [6.07, 6.45) is 0.154. The lowest BCUT2D eigenvalue weighted by molar-refractivity contribution is -0.384. The molecule has 2 N–H and O–H groups in total. The Hall–Kier alpha value is -2.18. The summed E-state index contributed by atoms with van der Waals surface area (Å²) in [4.78, 5) is 21.3. The highest BCUT2D eigenvalue weighted by Crippen LogP contribution is 2.22. The van der Waals surface area contributed by atoms with Crippen LogP contribution in [0.5, 0.6) is 5.75 Å². The van der Waals surface area contributed by atoms with Crippen molar-refractivity contribution in [2.75, 3.05) is 13.2 Å². The number of non-ortho nitro benzene ring substituents is 1. The van der Waals surface area contributed by atoms with E-state index in [0.717, 1.165) is 18.2 Å². The van der Waals surface area contributed by atoms with Gasteiger partial charge in [0.25, 0.3) is 11.6 Å². The van der Waals surface area contributed by atoms with Crippen molar-refractivity contribution < 1.29 is 19.2 Å². The zero-order valence-electron chi connectivity index (χ0n) is 8.85. The summed E-state index contributed by atoms with van der Waals surface area (Å²) in [7, 11) is 0. The number of halogens is 1. The predicted octanol–water partition coefficient (Wildman–Crippen LogP) is 1.39. The van der Waals surface area contributed by atoms with Gasteiger partial charge >= 0.3 is 0 Å². The van der Waals surface area contributed by atoms with Crippen molar-refractivity contribution in [1.82, 2.24) is 5.32 Å². The molecule has 0 aliphatic heterocycles. The molecule has 1 rings (SSSR count). The van der Waals surface area contributed by atoms with Crippen LogP contribution >= 0.6 is 0 Å². The molecular weight excluding hydrogens is 231 g/mol. The van der Waals surface area contributed by atoms with Crippen molar-refractivity contribution in [2.45, 2.75) is 6.42 Å². The molecule has 1 aromatic carbocycles.